The van der Waals surface area contributed by atoms with Crippen molar-refractivity contribution in [3.05, 3.63) is 28.3 Å². The van der Waals surface area contributed by atoms with Crippen molar-refractivity contribution in [2.24, 2.45) is 17.8 Å². The van der Waals surface area contributed by atoms with Gasteiger partial charge in [-0.25, -0.2) is 0 Å². The smallest absolute Gasteiger partial charge is 0.333 e. The van der Waals surface area contributed by atoms with Crippen LogP contribution >= 0.6 is 0 Å². The first kappa shape index (κ1) is 15.6. The number of anilines is 1. The maximum Gasteiger partial charge on any atom is 0.333 e. The van der Waals surface area contributed by atoms with E-state index >= 15 is 0 Å². The van der Waals surface area contributed by atoms with E-state index in [0.29, 0.717) is 23.5 Å². The van der Waals surface area contributed by atoms with Gasteiger partial charge in [0.2, 0.25) is 0 Å². The van der Waals surface area contributed by atoms with Gasteiger partial charge in [0.1, 0.15) is 11.8 Å². The standard InChI is InChI=1S/C16H24N2O3/c1-10(2)12-8-7-11(3)9-15(12)21-14-6-4-5-13(17)16(14)18(19)20/h4-6,10-12,15H,7-9,17H2,1-3H3. The summed E-state index contributed by atoms with van der Waals surface area (Å²) < 4.78 is 6.05. The van der Waals surface area contributed by atoms with Crippen LogP contribution < -0.4 is 10.5 Å². The number of rotatable bonds is 4. The fourth-order valence-electron chi connectivity index (χ4n) is 3.24. The molecule has 116 valence electrons. The zero-order valence-electron chi connectivity index (χ0n) is 12.9. The second kappa shape index (κ2) is 6.33. The molecule has 21 heavy (non-hydrogen) atoms. The first-order valence-corrected chi connectivity index (χ1v) is 7.59. The molecule has 0 aliphatic heterocycles. The Bertz CT molecular complexity index is 516. The summed E-state index contributed by atoms with van der Waals surface area (Å²) in [5.41, 5.74) is 5.77. The van der Waals surface area contributed by atoms with E-state index in [1.165, 1.54) is 12.5 Å². The van der Waals surface area contributed by atoms with Crippen molar-refractivity contribution in [3.63, 3.8) is 0 Å². The highest BCUT2D eigenvalue weighted by Gasteiger charge is 2.34. The summed E-state index contributed by atoms with van der Waals surface area (Å²) in [6, 6.07) is 4.88. The molecule has 0 heterocycles. The van der Waals surface area contributed by atoms with Gasteiger partial charge in [0, 0.05) is 0 Å². The van der Waals surface area contributed by atoms with Crippen LogP contribution in [-0.4, -0.2) is 11.0 Å². The molecular weight excluding hydrogens is 268 g/mol. The summed E-state index contributed by atoms with van der Waals surface area (Å²) >= 11 is 0. The van der Waals surface area contributed by atoms with Crippen LogP contribution in [0.2, 0.25) is 0 Å². The molecule has 1 aliphatic carbocycles. The van der Waals surface area contributed by atoms with Crippen LogP contribution in [0.1, 0.15) is 40.0 Å². The van der Waals surface area contributed by atoms with Crippen LogP contribution in [0.5, 0.6) is 5.75 Å². The minimum absolute atomic E-state index is 0.0225. The van der Waals surface area contributed by atoms with E-state index in [2.05, 4.69) is 20.8 Å². The summed E-state index contributed by atoms with van der Waals surface area (Å²) in [6.07, 6.45) is 3.27. The zero-order chi connectivity index (χ0) is 15.6. The normalized spacial score (nSPS) is 25.8. The van der Waals surface area contributed by atoms with Gasteiger partial charge in [-0.2, -0.15) is 0 Å². The summed E-state index contributed by atoms with van der Waals surface area (Å²) in [7, 11) is 0. The first-order chi connectivity index (χ1) is 9.90. The maximum atomic E-state index is 11.2. The fraction of sp³-hybridized carbons (Fsp3) is 0.625. The molecule has 0 aromatic heterocycles. The average molecular weight is 292 g/mol. The van der Waals surface area contributed by atoms with Gasteiger partial charge < -0.3 is 10.5 Å². The quantitative estimate of drug-likeness (QED) is 0.516. The highest BCUT2D eigenvalue weighted by molar-refractivity contribution is 5.65. The predicted octanol–water partition coefficient (Wildman–Crippen LogP) is 4.02. The van der Waals surface area contributed by atoms with Crippen molar-refractivity contribution in [1.82, 2.24) is 0 Å². The Morgan fingerprint density at radius 1 is 1.38 bits per heavy atom. The molecule has 1 aliphatic rings. The van der Waals surface area contributed by atoms with Crippen molar-refractivity contribution in [3.8, 4) is 5.75 Å². The molecule has 3 atom stereocenters. The molecule has 5 heteroatoms. The molecule has 5 nitrogen and oxygen atoms in total. The third-order valence-corrected chi connectivity index (χ3v) is 4.45. The van der Waals surface area contributed by atoms with Crippen molar-refractivity contribution in [2.75, 3.05) is 5.73 Å². The summed E-state index contributed by atoms with van der Waals surface area (Å²) in [5.74, 6) is 1.82. The molecule has 1 aromatic carbocycles. The highest BCUT2D eigenvalue weighted by Crippen LogP contribution is 2.39. The van der Waals surface area contributed by atoms with Crippen LogP contribution in [0.15, 0.2) is 18.2 Å². The van der Waals surface area contributed by atoms with Crippen molar-refractivity contribution in [1.29, 1.82) is 0 Å². The minimum Gasteiger partial charge on any atom is -0.483 e. The Morgan fingerprint density at radius 3 is 2.71 bits per heavy atom. The predicted molar refractivity (Wildman–Crippen MR) is 83.3 cm³/mol. The zero-order valence-corrected chi connectivity index (χ0v) is 12.9. The molecule has 0 bridgehead atoms. The van der Waals surface area contributed by atoms with Gasteiger partial charge in [-0.1, -0.05) is 33.3 Å². The number of hydrogen-bond acceptors (Lipinski definition) is 4. The second-order valence-corrected chi connectivity index (χ2v) is 6.43. The second-order valence-electron chi connectivity index (χ2n) is 6.43. The SMILES string of the molecule is CC1CCC(C(C)C)C(Oc2cccc(N)c2[N+](=O)[O-])C1. The van der Waals surface area contributed by atoms with Crippen molar-refractivity contribution in [2.45, 2.75) is 46.1 Å². The van der Waals surface area contributed by atoms with E-state index < -0.39 is 4.92 Å². The fourth-order valence-corrected chi connectivity index (χ4v) is 3.24. The number of nitrogens with zero attached hydrogens (tertiary/aromatic N) is 1. The lowest BCUT2D eigenvalue weighted by Crippen LogP contribution is -2.36. The molecule has 0 spiro atoms. The molecule has 1 saturated carbocycles. The van der Waals surface area contributed by atoms with Gasteiger partial charge in [-0.05, 0) is 42.7 Å². The number of nitrogen functional groups attached to an aromatic ring is 1. The average Bonchev–Trinajstić information content (AvgIpc) is 2.37. The number of hydrogen-bond donors (Lipinski definition) is 1. The Kier molecular flexibility index (Phi) is 4.70. The molecule has 1 aromatic rings. The molecule has 0 saturated heterocycles. The van der Waals surface area contributed by atoms with Crippen molar-refractivity contribution >= 4 is 11.4 Å². The van der Waals surface area contributed by atoms with Crippen LogP contribution in [0, 0.1) is 27.9 Å². The molecule has 3 unspecified atom stereocenters. The third-order valence-electron chi connectivity index (χ3n) is 4.45. The van der Waals surface area contributed by atoms with Crippen LogP contribution in [0.3, 0.4) is 0 Å². The largest absolute Gasteiger partial charge is 0.483 e. The monoisotopic (exact) mass is 292 g/mol. The van der Waals surface area contributed by atoms with E-state index in [1.807, 2.05) is 0 Å². The molecule has 2 N–H and O–H groups in total. The number of para-hydroxylation sites is 1. The first-order valence-electron chi connectivity index (χ1n) is 7.59. The Balaban J connectivity index is 2.27. The van der Waals surface area contributed by atoms with Crippen LogP contribution in [0.4, 0.5) is 11.4 Å². The lowest BCUT2D eigenvalue weighted by Gasteiger charge is -2.37. The molecule has 0 amide bonds. The van der Waals surface area contributed by atoms with Gasteiger partial charge in [-0.3, -0.25) is 10.1 Å². The van der Waals surface area contributed by atoms with E-state index in [9.17, 15) is 10.1 Å². The summed E-state index contributed by atoms with van der Waals surface area (Å²) in [4.78, 5) is 10.8. The third kappa shape index (κ3) is 3.46. The van der Waals surface area contributed by atoms with Gasteiger partial charge in [0.05, 0.1) is 4.92 Å². The maximum absolute atomic E-state index is 11.2. The molecular formula is C16H24N2O3. The molecule has 1 fully saturated rings. The lowest BCUT2D eigenvalue weighted by atomic mass is 9.75. The summed E-state index contributed by atoms with van der Waals surface area (Å²) in [5, 5.41) is 11.2. The van der Waals surface area contributed by atoms with Crippen LogP contribution in [0.25, 0.3) is 0 Å². The van der Waals surface area contributed by atoms with Crippen molar-refractivity contribution < 1.29 is 9.66 Å². The van der Waals surface area contributed by atoms with E-state index in [0.717, 1.165) is 12.8 Å². The van der Waals surface area contributed by atoms with Gasteiger partial charge >= 0.3 is 5.69 Å². The van der Waals surface area contributed by atoms with E-state index in [1.54, 1.807) is 12.1 Å². The molecule has 2 rings (SSSR count). The van der Waals surface area contributed by atoms with Gasteiger partial charge in [0.25, 0.3) is 0 Å². The van der Waals surface area contributed by atoms with Crippen LogP contribution in [-0.2, 0) is 0 Å². The number of nitro groups is 1. The van der Waals surface area contributed by atoms with Gasteiger partial charge in [-0.15, -0.1) is 0 Å². The Labute approximate surface area is 125 Å². The topological polar surface area (TPSA) is 78.4 Å². The van der Waals surface area contributed by atoms with E-state index in [4.69, 9.17) is 10.5 Å². The van der Waals surface area contributed by atoms with E-state index in [-0.39, 0.29) is 17.5 Å². The number of ether oxygens (including phenoxy) is 1. The summed E-state index contributed by atoms with van der Waals surface area (Å²) in [6.45, 7) is 6.58. The van der Waals surface area contributed by atoms with Gasteiger partial charge in [0.15, 0.2) is 5.75 Å². The number of nitrogens with two attached hydrogens (primary N) is 1. The number of nitro benzene ring substituents is 1. The Hall–Kier alpha value is -1.78. The number of benzene rings is 1. The lowest BCUT2D eigenvalue weighted by molar-refractivity contribution is -0.385. The minimum atomic E-state index is -0.457. The molecule has 0 radical (unpaired) electrons. The highest BCUT2D eigenvalue weighted by atomic mass is 16.6. The Morgan fingerprint density at radius 2 is 2.10 bits per heavy atom.